The zero-order chi connectivity index (χ0) is 24.5. The molecule has 10 heteroatoms. The average Bonchev–Trinajstić information content (AvgIpc) is 2.66. The van der Waals surface area contributed by atoms with Crippen LogP contribution in [0.25, 0.3) is 0 Å². The van der Waals surface area contributed by atoms with E-state index in [4.69, 9.17) is 27.9 Å². The molecule has 0 aliphatic carbocycles. The van der Waals surface area contributed by atoms with Crippen molar-refractivity contribution in [1.82, 2.24) is 0 Å². The van der Waals surface area contributed by atoms with Crippen LogP contribution in [0.4, 0.5) is 21.9 Å². The monoisotopic (exact) mass is 493 g/mol. The topological polar surface area (TPSA) is 108 Å². The van der Waals surface area contributed by atoms with Gasteiger partial charge < -0.3 is 20.1 Å². The molecule has 3 N–H and O–H groups in total. The van der Waals surface area contributed by atoms with Crippen LogP contribution in [0.15, 0.2) is 36.4 Å². The Kier molecular flexibility index (Phi) is 7.09. The molecule has 8 nitrogen and oxygen atoms in total. The highest BCUT2D eigenvalue weighted by atomic mass is 35.5. The van der Waals surface area contributed by atoms with E-state index < -0.39 is 29.7 Å². The molecule has 0 saturated carbocycles. The van der Waals surface area contributed by atoms with Crippen LogP contribution in [0.2, 0.25) is 10.0 Å². The summed E-state index contributed by atoms with van der Waals surface area (Å²) in [7, 11) is 0. The van der Waals surface area contributed by atoms with Crippen molar-refractivity contribution in [2.45, 2.75) is 51.8 Å². The lowest BCUT2D eigenvalue weighted by Gasteiger charge is -2.38. The van der Waals surface area contributed by atoms with E-state index in [2.05, 4.69) is 10.6 Å². The van der Waals surface area contributed by atoms with Crippen LogP contribution < -0.4 is 15.5 Å². The molecular weight excluding hydrogens is 469 g/mol. The largest absolute Gasteiger partial charge is 0.480 e. The number of halogens is 2. The number of anilines is 3. The first-order valence-corrected chi connectivity index (χ1v) is 11.0. The van der Waals surface area contributed by atoms with Gasteiger partial charge in [-0.1, -0.05) is 23.2 Å². The van der Waals surface area contributed by atoms with E-state index in [-0.39, 0.29) is 12.3 Å². The van der Waals surface area contributed by atoms with Gasteiger partial charge in [0.1, 0.15) is 11.6 Å². The van der Waals surface area contributed by atoms with E-state index in [9.17, 15) is 19.5 Å². The molecule has 2 aromatic carbocycles. The highest BCUT2D eigenvalue weighted by Gasteiger charge is 2.37. The number of hydrogen-bond donors (Lipinski definition) is 3. The Labute approximate surface area is 201 Å². The van der Waals surface area contributed by atoms with E-state index in [1.807, 2.05) is 0 Å². The lowest BCUT2D eigenvalue weighted by molar-refractivity contribution is -0.138. The maximum atomic E-state index is 12.7. The molecule has 0 unspecified atom stereocenters. The van der Waals surface area contributed by atoms with Gasteiger partial charge in [-0.25, -0.2) is 9.59 Å². The number of fused-ring (bicyclic) bond motifs is 1. The number of rotatable bonds is 4. The first-order chi connectivity index (χ1) is 15.4. The van der Waals surface area contributed by atoms with Crippen LogP contribution in [0.5, 0.6) is 0 Å². The van der Waals surface area contributed by atoms with E-state index in [0.717, 1.165) is 0 Å². The van der Waals surface area contributed by atoms with Gasteiger partial charge in [0.25, 0.3) is 0 Å². The van der Waals surface area contributed by atoms with Crippen LogP contribution in [0.3, 0.4) is 0 Å². The molecule has 176 valence electrons. The van der Waals surface area contributed by atoms with Crippen molar-refractivity contribution in [3.8, 4) is 0 Å². The minimum Gasteiger partial charge on any atom is -0.480 e. The molecule has 0 spiro atoms. The molecule has 1 aliphatic rings. The van der Waals surface area contributed by atoms with Crippen molar-refractivity contribution in [2.24, 2.45) is 0 Å². The van der Waals surface area contributed by atoms with Crippen molar-refractivity contribution < 1.29 is 24.2 Å². The summed E-state index contributed by atoms with van der Waals surface area (Å²) in [6.07, 6.45) is -0.500. The van der Waals surface area contributed by atoms with Gasteiger partial charge in [-0.2, -0.15) is 0 Å². The fraction of sp³-hybridized carbons (Fsp3) is 0.348. The highest BCUT2D eigenvalue weighted by molar-refractivity contribution is 6.35. The molecule has 3 rings (SSSR count). The number of hydrogen-bond acceptors (Lipinski definition) is 5. The van der Waals surface area contributed by atoms with Crippen LogP contribution in [-0.4, -0.2) is 34.7 Å². The normalized spacial score (nSPS) is 17.4. The van der Waals surface area contributed by atoms with E-state index >= 15 is 0 Å². The van der Waals surface area contributed by atoms with Crippen molar-refractivity contribution in [3.05, 3.63) is 52.0 Å². The molecule has 1 heterocycles. The van der Waals surface area contributed by atoms with Gasteiger partial charge in [0, 0.05) is 46.0 Å². The summed E-state index contributed by atoms with van der Waals surface area (Å²) in [4.78, 5) is 38.0. The molecule has 0 fully saturated rings. The SMILES string of the molecule is CC(=O)N(c1ccc(NC(=O)OC(C)(C)C)cc1)[C@@H]1C[C@@H](C(=O)O)Nc2cc(Cl)cc(Cl)c21. The third kappa shape index (κ3) is 5.89. The number of carbonyl (C=O) groups excluding carboxylic acids is 2. The van der Waals surface area contributed by atoms with Crippen molar-refractivity contribution >= 4 is 58.2 Å². The van der Waals surface area contributed by atoms with Gasteiger partial charge >= 0.3 is 12.1 Å². The number of ether oxygens (including phenoxy) is 1. The van der Waals surface area contributed by atoms with Crippen molar-refractivity contribution in [2.75, 3.05) is 15.5 Å². The second kappa shape index (κ2) is 9.49. The Morgan fingerprint density at radius 1 is 1.15 bits per heavy atom. The van der Waals surface area contributed by atoms with E-state index in [1.165, 1.54) is 11.8 Å². The molecule has 0 bridgehead atoms. The van der Waals surface area contributed by atoms with Crippen LogP contribution in [0, 0.1) is 0 Å². The lowest BCUT2D eigenvalue weighted by atomic mass is 9.91. The van der Waals surface area contributed by atoms with Gasteiger partial charge in [-0.15, -0.1) is 0 Å². The lowest BCUT2D eigenvalue weighted by Crippen LogP contribution is -2.43. The molecular formula is C23H25Cl2N3O5. The number of amides is 2. The Morgan fingerprint density at radius 3 is 2.33 bits per heavy atom. The Balaban J connectivity index is 1.95. The molecule has 0 radical (unpaired) electrons. The van der Waals surface area contributed by atoms with Gasteiger partial charge in [-0.3, -0.25) is 10.1 Å². The summed E-state index contributed by atoms with van der Waals surface area (Å²) in [5.74, 6) is -1.35. The summed E-state index contributed by atoms with van der Waals surface area (Å²) in [6.45, 7) is 6.69. The van der Waals surface area contributed by atoms with Gasteiger partial charge in [-0.05, 0) is 57.2 Å². The molecule has 0 saturated heterocycles. The first kappa shape index (κ1) is 24.7. The number of carboxylic acids is 1. The summed E-state index contributed by atoms with van der Waals surface area (Å²) in [5, 5.41) is 15.9. The van der Waals surface area contributed by atoms with Crippen LogP contribution in [-0.2, 0) is 14.3 Å². The third-order valence-electron chi connectivity index (χ3n) is 4.96. The first-order valence-electron chi connectivity index (χ1n) is 10.2. The van der Waals surface area contributed by atoms with Crippen molar-refractivity contribution in [3.63, 3.8) is 0 Å². The second-order valence-corrected chi connectivity index (χ2v) is 9.54. The standard InChI is InChI=1S/C23H25Cl2N3O5/c1-12(29)28(15-7-5-14(6-8-15)26-22(32)33-23(2,3)4)19-11-18(21(30)31)27-17-10-13(24)9-16(25)20(17)19/h5-10,18-19,27H,11H2,1-4H3,(H,26,32)(H,30,31)/t18-,19+/m0/s1. The molecule has 33 heavy (non-hydrogen) atoms. The fourth-order valence-corrected chi connectivity index (χ4v) is 4.36. The van der Waals surface area contributed by atoms with Crippen LogP contribution in [0.1, 0.15) is 45.7 Å². The minimum absolute atomic E-state index is 0.0984. The third-order valence-corrected chi connectivity index (χ3v) is 5.49. The smallest absolute Gasteiger partial charge is 0.412 e. The zero-order valence-corrected chi connectivity index (χ0v) is 20.1. The number of carbonyl (C=O) groups is 3. The quantitative estimate of drug-likeness (QED) is 0.503. The number of nitrogens with zero attached hydrogens (tertiary/aromatic N) is 1. The van der Waals surface area contributed by atoms with E-state index in [1.54, 1.807) is 57.2 Å². The molecule has 2 atom stereocenters. The van der Waals surface area contributed by atoms with E-state index in [0.29, 0.717) is 32.7 Å². The molecule has 2 amide bonds. The summed E-state index contributed by atoms with van der Waals surface area (Å²) in [5.41, 5.74) is 1.41. The Bertz CT molecular complexity index is 1080. The predicted molar refractivity (Wildman–Crippen MR) is 128 cm³/mol. The number of carboxylic acid groups (broad SMARTS) is 1. The number of benzene rings is 2. The van der Waals surface area contributed by atoms with Gasteiger partial charge in [0.05, 0.1) is 6.04 Å². The summed E-state index contributed by atoms with van der Waals surface area (Å²) < 4.78 is 5.25. The fourth-order valence-electron chi connectivity index (χ4n) is 3.74. The Morgan fingerprint density at radius 2 is 1.79 bits per heavy atom. The van der Waals surface area contributed by atoms with Gasteiger partial charge in [0.15, 0.2) is 0 Å². The number of nitrogens with one attached hydrogen (secondary N) is 2. The summed E-state index contributed by atoms with van der Waals surface area (Å²) >= 11 is 12.6. The van der Waals surface area contributed by atoms with Gasteiger partial charge in [0.2, 0.25) is 5.91 Å². The molecule has 2 aromatic rings. The maximum Gasteiger partial charge on any atom is 0.412 e. The minimum atomic E-state index is -1.05. The van der Waals surface area contributed by atoms with Crippen molar-refractivity contribution in [1.29, 1.82) is 0 Å². The highest BCUT2D eigenvalue weighted by Crippen LogP contribution is 2.44. The summed E-state index contributed by atoms with van der Waals surface area (Å²) in [6, 6.07) is 8.16. The Hall–Kier alpha value is -2.97. The molecule has 0 aromatic heterocycles. The van der Waals surface area contributed by atoms with Crippen LogP contribution >= 0.6 is 23.2 Å². The average molecular weight is 494 g/mol. The number of aliphatic carboxylic acids is 1. The zero-order valence-electron chi connectivity index (χ0n) is 18.6. The predicted octanol–water partition coefficient (Wildman–Crippen LogP) is 5.70. The maximum absolute atomic E-state index is 12.7. The second-order valence-electron chi connectivity index (χ2n) is 8.70. The molecule has 1 aliphatic heterocycles.